The summed E-state index contributed by atoms with van der Waals surface area (Å²) >= 11 is 0. The van der Waals surface area contributed by atoms with Crippen molar-refractivity contribution in [1.29, 1.82) is 0 Å². The second kappa shape index (κ2) is 11.2. The molecule has 8 heteroatoms. The Morgan fingerprint density at radius 3 is 2.90 bits per heavy atom. The van der Waals surface area contributed by atoms with Gasteiger partial charge in [-0.1, -0.05) is 24.3 Å². The number of hydrogen-bond donors (Lipinski definition) is 1. The van der Waals surface area contributed by atoms with E-state index in [9.17, 15) is 14.3 Å². The van der Waals surface area contributed by atoms with Gasteiger partial charge in [0.05, 0.1) is 24.9 Å². The van der Waals surface area contributed by atoms with E-state index in [0.29, 0.717) is 50.7 Å². The number of carbonyl (C=O) groups is 1. The zero-order chi connectivity index (χ0) is 28.7. The van der Waals surface area contributed by atoms with Crippen LogP contribution in [0.15, 0.2) is 65.4 Å². The van der Waals surface area contributed by atoms with Crippen LogP contribution in [0.2, 0.25) is 0 Å². The smallest absolute Gasteiger partial charge is 0.352 e. The second-order valence-corrected chi connectivity index (χ2v) is 11.2. The molecule has 6 rings (SSSR count). The molecule has 3 aliphatic rings. The molecule has 0 saturated carbocycles. The number of benzene rings is 2. The van der Waals surface area contributed by atoms with Gasteiger partial charge < -0.3 is 19.5 Å². The monoisotopic (exact) mass is 557 g/mol. The van der Waals surface area contributed by atoms with Crippen molar-refractivity contribution in [2.24, 2.45) is 13.0 Å². The van der Waals surface area contributed by atoms with E-state index in [0.717, 1.165) is 57.3 Å². The molecule has 214 valence electrons. The minimum absolute atomic E-state index is 0.0468. The third-order valence-corrected chi connectivity index (χ3v) is 8.65. The molecule has 0 spiro atoms. The molecule has 41 heavy (non-hydrogen) atoms. The molecule has 1 aliphatic carbocycles. The van der Waals surface area contributed by atoms with Crippen LogP contribution < -0.4 is 4.74 Å². The summed E-state index contributed by atoms with van der Waals surface area (Å²) in [6.07, 6.45) is 7.30. The maximum atomic E-state index is 13.7. The fourth-order valence-electron chi connectivity index (χ4n) is 6.71. The van der Waals surface area contributed by atoms with Crippen molar-refractivity contribution in [1.82, 2.24) is 14.7 Å². The molecule has 2 aliphatic heterocycles. The Bertz CT molecular complexity index is 1600. The van der Waals surface area contributed by atoms with Gasteiger partial charge in [0.25, 0.3) is 0 Å². The first-order valence-corrected chi connectivity index (χ1v) is 14.4. The summed E-state index contributed by atoms with van der Waals surface area (Å²) in [5.41, 5.74) is 6.69. The lowest BCUT2D eigenvalue weighted by molar-refractivity contribution is -0.134. The molecule has 0 saturated heterocycles. The largest absolute Gasteiger partial charge is 0.493 e. The number of hydrogen-bond acceptors (Lipinski definition) is 5. The molecule has 2 aromatic carbocycles. The Morgan fingerprint density at radius 1 is 1.22 bits per heavy atom. The van der Waals surface area contributed by atoms with Crippen molar-refractivity contribution in [3.63, 3.8) is 0 Å². The van der Waals surface area contributed by atoms with Crippen molar-refractivity contribution in [3.8, 4) is 5.75 Å². The summed E-state index contributed by atoms with van der Waals surface area (Å²) < 4.78 is 27.7. The third-order valence-electron chi connectivity index (χ3n) is 8.65. The second-order valence-electron chi connectivity index (χ2n) is 11.2. The number of aliphatic carboxylic acids is 1. The lowest BCUT2D eigenvalue weighted by atomic mass is 9.78. The van der Waals surface area contributed by atoms with E-state index >= 15 is 0 Å². The lowest BCUT2D eigenvalue weighted by Gasteiger charge is -2.36. The Morgan fingerprint density at radius 2 is 2.07 bits per heavy atom. The number of nitrogens with zero attached hydrogens (tertiary/aromatic N) is 3. The van der Waals surface area contributed by atoms with Crippen molar-refractivity contribution >= 4 is 22.3 Å². The first kappa shape index (κ1) is 27.3. The van der Waals surface area contributed by atoms with Crippen LogP contribution in [0.4, 0.5) is 4.39 Å². The number of carboxylic acids is 1. The van der Waals surface area contributed by atoms with Crippen molar-refractivity contribution < 1.29 is 23.8 Å². The van der Waals surface area contributed by atoms with Gasteiger partial charge in [0, 0.05) is 42.8 Å². The van der Waals surface area contributed by atoms with Gasteiger partial charge in [-0.3, -0.25) is 4.68 Å². The number of halogens is 1. The predicted octanol–water partition coefficient (Wildman–Crippen LogP) is 6.17. The number of allylic oxidation sites excluding steroid dienone is 2. The molecule has 0 radical (unpaired) electrons. The van der Waals surface area contributed by atoms with Gasteiger partial charge in [-0.15, -0.1) is 0 Å². The standard InChI is InChI=1S/C33H36FN3O4/c1-20-11-13-26-25(9-7-17-41-28-10-6-8-22-18-23(34)12-14-24(22)28)32(33(38)39)37-15-4-5-16-40-19-27-30(29(20)31(26)37)21(2)36(3)35-27/h6,8,10-14,18,26,31H,4-5,7,9,15-17,19H2,1-3H3,(H,38,39). The molecule has 1 N–H and O–H groups in total. The summed E-state index contributed by atoms with van der Waals surface area (Å²) in [4.78, 5) is 15.0. The average molecular weight is 558 g/mol. The molecule has 7 nitrogen and oxygen atoms in total. The molecule has 2 unspecified atom stereocenters. The van der Waals surface area contributed by atoms with Crippen molar-refractivity contribution in [3.05, 3.63) is 88.2 Å². The number of aromatic nitrogens is 2. The number of ether oxygens (including phenoxy) is 2. The maximum Gasteiger partial charge on any atom is 0.352 e. The molecule has 0 bridgehead atoms. The van der Waals surface area contributed by atoms with Gasteiger partial charge in [-0.25, -0.2) is 9.18 Å². The van der Waals surface area contributed by atoms with E-state index in [2.05, 4.69) is 30.9 Å². The molecular weight excluding hydrogens is 521 g/mol. The molecule has 3 aromatic rings. The zero-order valence-electron chi connectivity index (χ0n) is 23.8. The molecular formula is C33H36FN3O4. The van der Waals surface area contributed by atoms with Crippen LogP contribution in [-0.2, 0) is 23.2 Å². The van der Waals surface area contributed by atoms with Crippen molar-refractivity contribution in [2.45, 2.75) is 52.2 Å². The highest BCUT2D eigenvalue weighted by molar-refractivity contribution is 5.91. The quantitative estimate of drug-likeness (QED) is 0.365. The fourth-order valence-corrected chi connectivity index (χ4v) is 6.71. The van der Waals surface area contributed by atoms with Gasteiger partial charge >= 0.3 is 5.97 Å². The first-order valence-electron chi connectivity index (χ1n) is 14.4. The van der Waals surface area contributed by atoms with E-state index in [1.165, 1.54) is 12.1 Å². The van der Waals surface area contributed by atoms with Crippen LogP contribution in [0.25, 0.3) is 16.3 Å². The molecule has 0 fully saturated rings. The lowest BCUT2D eigenvalue weighted by Crippen LogP contribution is -2.38. The SMILES string of the molecule is CC1=C2c3c(nn(C)c3C)COCCCCN3C(C(=O)O)=C(CCCOc4cccc5cc(F)ccc45)C(C=C1)C23. The molecule has 2 atom stereocenters. The summed E-state index contributed by atoms with van der Waals surface area (Å²) in [6.45, 7) is 6.32. The molecule has 0 amide bonds. The van der Waals surface area contributed by atoms with E-state index in [1.807, 2.05) is 29.9 Å². The van der Waals surface area contributed by atoms with Crippen LogP contribution in [0.1, 0.15) is 49.6 Å². The Kier molecular flexibility index (Phi) is 7.43. The number of fused-ring (bicyclic) bond motifs is 3. The van der Waals surface area contributed by atoms with E-state index in [4.69, 9.17) is 14.6 Å². The van der Waals surface area contributed by atoms with Crippen LogP contribution in [0.5, 0.6) is 5.75 Å². The Labute approximate surface area is 239 Å². The number of carboxylic acid groups (broad SMARTS) is 1. The van der Waals surface area contributed by atoms with Gasteiger partial charge in [-0.05, 0) is 85.9 Å². The summed E-state index contributed by atoms with van der Waals surface area (Å²) in [7, 11) is 1.95. The van der Waals surface area contributed by atoms with Gasteiger partial charge in [-0.2, -0.15) is 5.10 Å². The highest BCUT2D eigenvalue weighted by Crippen LogP contribution is 2.48. The molecule has 1 aromatic heterocycles. The van der Waals surface area contributed by atoms with Gasteiger partial charge in [0.1, 0.15) is 17.3 Å². The maximum absolute atomic E-state index is 13.7. The highest BCUT2D eigenvalue weighted by Gasteiger charge is 2.46. The minimum Gasteiger partial charge on any atom is -0.493 e. The minimum atomic E-state index is -0.883. The van der Waals surface area contributed by atoms with Gasteiger partial charge in [0.15, 0.2) is 0 Å². The number of aryl methyl sites for hydroxylation is 1. The van der Waals surface area contributed by atoms with E-state index < -0.39 is 5.97 Å². The molecule has 3 heterocycles. The topological polar surface area (TPSA) is 76.8 Å². The summed E-state index contributed by atoms with van der Waals surface area (Å²) in [5.74, 6) is -0.504. The third kappa shape index (κ3) is 4.95. The summed E-state index contributed by atoms with van der Waals surface area (Å²) in [6, 6.07) is 10.2. The van der Waals surface area contributed by atoms with Crippen LogP contribution >= 0.6 is 0 Å². The predicted molar refractivity (Wildman–Crippen MR) is 156 cm³/mol. The first-order chi connectivity index (χ1) is 19.8. The highest BCUT2D eigenvalue weighted by atomic mass is 19.1. The fraction of sp³-hybridized carbons (Fsp3) is 0.394. The number of rotatable bonds is 6. The van der Waals surface area contributed by atoms with Gasteiger partial charge in [0.2, 0.25) is 0 Å². The van der Waals surface area contributed by atoms with Crippen LogP contribution in [0, 0.1) is 18.7 Å². The Balaban J connectivity index is 1.31. The van der Waals surface area contributed by atoms with Crippen LogP contribution in [0.3, 0.4) is 0 Å². The van der Waals surface area contributed by atoms with E-state index in [1.54, 1.807) is 6.07 Å². The Hall–Kier alpha value is -3.91. The summed E-state index contributed by atoms with van der Waals surface area (Å²) in [5, 5.41) is 17.0. The zero-order valence-corrected chi connectivity index (χ0v) is 23.8. The van der Waals surface area contributed by atoms with Crippen LogP contribution in [-0.4, -0.2) is 51.6 Å². The van der Waals surface area contributed by atoms with E-state index in [-0.39, 0.29) is 17.8 Å². The van der Waals surface area contributed by atoms with Crippen molar-refractivity contribution in [2.75, 3.05) is 19.8 Å². The normalized spacial score (nSPS) is 20.7. The average Bonchev–Trinajstić information content (AvgIpc) is 3.40.